The number of anilines is 1. The van der Waals surface area contributed by atoms with Crippen molar-refractivity contribution in [2.45, 2.75) is 32.4 Å². The van der Waals surface area contributed by atoms with Gasteiger partial charge < -0.3 is 9.80 Å². The van der Waals surface area contributed by atoms with Crippen molar-refractivity contribution in [1.82, 2.24) is 4.90 Å². The van der Waals surface area contributed by atoms with Gasteiger partial charge in [-0.15, -0.1) is 0 Å². The minimum Gasteiger partial charge on any atom is -0.343 e. The summed E-state index contributed by atoms with van der Waals surface area (Å²) in [4.78, 5) is 4.09. The molecule has 2 aliphatic heterocycles. The van der Waals surface area contributed by atoms with E-state index >= 15 is 0 Å². The summed E-state index contributed by atoms with van der Waals surface area (Å²) in [5.74, 6) is 0.893. The molecule has 0 radical (unpaired) electrons. The van der Waals surface area contributed by atoms with Crippen LogP contribution in [0, 0.1) is 5.92 Å². The molecule has 0 saturated carbocycles. The molecule has 4 nitrogen and oxygen atoms in total. The predicted molar refractivity (Wildman–Crippen MR) is 98.9 cm³/mol. The van der Waals surface area contributed by atoms with Crippen molar-refractivity contribution in [2.75, 3.05) is 23.0 Å². The Morgan fingerprint density at radius 3 is 2.65 bits per heavy atom. The number of halogens is 1. The van der Waals surface area contributed by atoms with E-state index in [9.17, 15) is 8.42 Å². The summed E-state index contributed by atoms with van der Waals surface area (Å²) in [6.07, 6.45) is 0.993. The van der Waals surface area contributed by atoms with Gasteiger partial charge >= 0.3 is 0 Å². The number of hydrogen-bond donors (Lipinski definition) is 0. The van der Waals surface area contributed by atoms with Crippen LogP contribution in [-0.4, -0.2) is 48.6 Å². The van der Waals surface area contributed by atoms with Crippen molar-refractivity contribution < 1.29 is 8.42 Å². The normalized spacial score (nSPS) is 26.2. The first-order valence-corrected chi connectivity index (χ1v) is 10.4. The predicted octanol–water partition coefficient (Wildman–Crippen LogP) is 2.96. The van der Waals surface area contributed by atoms with Crippen molar-refractivity contribution in [2.24, 2.45) is 5.92 Å². The van der Waals surface area contributed by atoms with Gasteiger partial charge in [-0.25, -0.2) is 8.42 Å². The molecule has 0 amide bonds. The molecule has 23 heavy (non-hydrogen) atoms. The highest BCUT2D eigenvalue weighted by atomic mass is 35.5. The number of fused-ring (bicyclic) bond motifs is 1. The van der Waals surface area contributed by atoms with Crippen LogP contribution in [0.5, 0.6) is 0 Å². The lowest BCUT2D eigenvalue weighted by atomic mass is 10.1. The van der Waals surface area contributed by atoms with Gasteiger partial charge in [0.05, 0.1) is 23.6 Å². The number of hydrogen-bond acceptors (Lipinski definition) is 3. The molecule has 126 valence electrons. The Kier molecular flexibility index (Phi) is 4.60. The van der Waals surface area contributed by atoms with E-state index in [0.717, 1.165) is 23.8 Å². The SMILES string of the molecule is CC(C)CCN1C(=S)N(c2cccc(Cl)c2)[C@@H]2CS(=O)(=O)C[C@@H]21. The summed E-state index contributed by atoms with van der Waals surface area (Å²) in [5, 5.41) is 1.35. The lowest BCUT2D eigenvalue weighted by molar-refractivity contribution is 0.333. The zero-order valence-electron chi connectivity index (χ0n) is 13.3. The van der Waals surface area contributed by atoms with Crippen molar-refractivity contribution in [3.8, 4) is 0 Å². The minimum atomic E-state index is -3.03. The van der Waals surface area contributed by atoms with E-state index in [0.29, 0.717) is 10.9 Å². The van der Waals surface area contributed by atoms with E-state index in [1.807, 2.05) is 29.2 Å². The lowest BCUT2D eigenvalue weighted by Gasteiger charge is -2.26. The molecule has 7 heteroatoms. The zero-order chi connectivity index (χ0) is 16.8. The lowest BCUT2D eigenvalue weighted by Crippen LogP contribution is -2.38. The summed E-state index contributed by atoms with van der Waals surface area (Å²) in [6.45, 7) is 5.12. The Hall–Kier alpha value is -0.850. The van der Waals surface area contributed by atoms with Gasteiger partial charge in [-0.05, 0) is 42.8 Å². The van der Waals surface area contributed by atoms with Crippen LogP contribution in [0.4, 0.5) is 5.69 Å². The van der Waals surface area contributed by atoms with Gasteiger partial charge in [-0.3, -0.25) is 0 Å². The standard InChI is InChI=1S/C16H21ClN2O2S2/c1-11(2)6-7-18-14-9-23(20,21)10-15(14)19(16(18)22)13-5-3-4-12(17)8-13/h3-5,8,11,14-15H,6-7,9-10H2,1-2H3/t14-,15+/m0/s1. The van der Waals surface area contributed by atoms with E-state index in [2.05, 4.69) is 18.7 Å². The topological polar surface area (TPSA) is 40.6 Å². The van der Waals surface area contributed by atoms with Gasteiger partial charge in [-0.2, -0.15) is 0 Å². The average molecular weight is 373 g/mol. The molecule has 0 aromatic heterocycles. The first-order chi connectivity index (χ1) is 10.8. The first-order valence-electron chi connectivity index (χ1n) is 7.84. The Labute approximate surface area is 148 Å². The van der Waals surface area contributed by atoms with Gasteiger partial charge in [-0.1, -0.05) is 31.5 Å². The Bertz CT molecular complexity index is 721. The third-order valence-corrected chi connectivity index (χ3v) is 6.88. The summed E-state index contributed by atoms with van der Waals surface area (Å²) < 4.78 is 24.3. The van der Waals surface area contributed by atoms with Crippen LogP contribution < -0.4 is 4.90 Å². The van der Waals surface area contributed by atoms with Crippen LogP contribution in [0.2, 0.25) is 5.02 Å². The van der Waals surface area contributed by atoms with Crippen molar-refractivity contribution >= 4 is 44.5 Å². The zero-order valence-corrected chi connectivity index (χ0v) is 15.7. The smallest absolute Gasteiger partial charge is 0.176 e. The highest BCUT2D eigenvalue weighted by molar-refractivity contribution is 7.91. The molecule has 0 spiro atoms. The number of sulfone groups is 1. The molecule has 1 aromatic carbocycles. The number of benzene rings is 1. The van der Waals surface area contributed by atoms with Crippen LogP contribution in [0.1, 0.15) is 20.3 Å². The fraction of sp³-hybridized carbons (Fsp3) is 0.562. The molecular formula is C16H21ClN2O2S2. The first kappa shape index (κ1) is 17.0. The van der Waals surface area contributed by atoms with Crippen molar-refractivity contribution in [1.29, 1.82) is 0 Å². The summed E-state index contributed by atoms with van der Waals surface area (Å²) >= 11 is 11.8. The molecule has 2 saturated heterocycles. The molecule has 2 aliphatic rings. The van der Waals surface area contributed by atoms with Crippen LogP contribution in [0.25, 0.3) is 0 Å². The molecular weight excluding hydrogens is 352 g/mol. The molecule has 0 aliphatic carbocycles. The van der Waals surface area contributed by atoms with E-state index < -0.39 is 9.84 Å². The minimum absolute atomic E-state index is 0.0507. The maximum Gasteiger partial charge on any atom is 0.176 e. The molecule has 2 fully saturated rings. The molecule has 2 heterocycles. The average Bonchev–Trinajstić information content (AvgIpc) is 2.86. The fourth-order valence-electron chi connectivity index (χ4n) is 3.36. The van der Waals surface area contributed by atoms with Crippen molar-refractivity contribution in [3.63, 3.8) is 0 Å². The largest absolute Gasteiger partial charge is 0.343 e. The van der Waals surface area contributed by atoms with Crippen molar-refractivity contribution in [3.05, 3.63) is 29.3 Å². The van der Waals surface area contributed by atoms with Gasteiger partial charge in [0.15, 0.2) is 14.9 Å². The van der Waals surface area contributed by atoms with Crippen LogP contribution in [-0.2, 0) is 9.84 Å². The highest BCUT2D eigenvalue weighted by Gasteiger charge is 2.51. The number of rotatable bonds is 4. The van der Waals surface area contributed by atoms with E-state index in [1.54, 1.807) is 0 Å². The van der Waals surface area contributed by atoms with Gasteiger partial charge in [0, 0.05) is 17.3 Å². The van der Waals surface area contributed by atoms with Crippen LogP contribution >= 0.6 is 23.8 Å². The second kappa shape index (κ2) is 6.22. The molecule has 3 rings (SSSR count). The molecule has 0 unspecified atom stereocenters. The Morgan fingerprint density at radius 1 is 1.30 bits per heavy atom. The van der Waals surface area contributed by atoms with Gasteiger partial charge in [0.2, 0.25) is 0 Å². The fourth-order valence-corrected chi connectivity index (χ4v) is 5.97. The number of thiocarbonyl (C=S) groups is 1. The van der Waals surface area contributed by atoms with E-state index in [4.69, 9.17) is 23.8 Å². The summed E-state index contributed by atoms with van der Waals surface area (Å²) in [7, 11) is -3.03. The second-order valence-electron chi connectivity index (χ2n) is 6.72. The van der Waals surface area contributed by atoms with Gasteiger partial charge in [0.1, 0.15) is 0 Å². The van der Waals surface area contributed by atoms with Crippen LogP contribution in [0.3, 0.4) is 0 Å². The third kappa shape index (κ3) is 3.35. The Morgan fingerprint density at radius 2 is 2.00 bits per heavy atom. The Balaban J connectivity index is 1.94. The summed E-state index contributed by atoms with van der Waals surface area (Å²) in [6, 6.07) is 7.30. The van der Waals surface area contributed by atoms with Crippen LogP contribution in [0.15, 0.2) is 24.3 Å². The molecule has 1 aromatic rings. The monoisotopic (exact) mass is 372 g/mol. The quantitative estimate of drug-likeness (QED) is 0.760. The molecule has 0 bridgehead atoms. The highest BCUT2D eigenvalue weighted by Crippen LogP contribution is 2.36. The maximum absolute atomic E-state index is 12.2. The van der Waals surface area contributed by atoms with E-state index in [-0.39, 0.29) is 23.6 Å². The molecule has 2 atom stereocenters. The summed E-state index contributed by atoms with van der Waals surface area (Å²) in [5.41, 5.74) is 0.877. The second-order valence-corrected chi connectivity index (χ2v) is 9.68. The molecule has 0 N–H and O–H groups in total. The maximum atomic E-state index is 12.2. The number of nitrogens with zero attached hydrogens (tertiary/aromatic N) is 2. The van der Waals surface area contributed by atoms with E-state index in [1.165, 1.54) is 0 Å². The van der Waals surface area contributed by atoms with Gasteiger partial charge in [0.25, 0.3) is 0 Å². The third-order valence-electron chi connectivity index (χ3n) is 4.51.